The van der Waals surface area contributed by atoms with E-state index >= 15 is 0 Å². The van der Waals surface area contributed by atoms with Crippen LogP contribution in [-0.4, -0.2) is 43.3 Å². The smallest absolute Gasteiger partial charge is 0.344 e. The highest BCUT2D eigenvalue weighted by Crippen LogP contribution is 2.25. The van der Waals surface area contributed by atoms with E-state index < -0.39 is 5.97 Å². The van der Waals surface area contributed by atoms with E-state index in [1.807, 2.05) is 30.5 Å². The van der Waals surface area contributed by atoms with E-state index in [0.29, 0.717) is 28.4 Å². The Morgan fingerprint density at radius 1 is 1.03 bits per heavy atom. The van der Waals surface area contributed by atoms with E-state index in [0.717, 1.165) is 47.3 Å². The molecule has 5 rings (SSSR count). The van der Waals surface area contributed by atoms with Crippen molar-refractivity contribution < 1.29 is 14.3 Å². The van der Waals surface area contributed by atoms with Crippen molar-refractivity contribution in [3.8, 4) is 33.8 Å². The number of methoxy groups -OCH3 is 1. The Kier molecular flexibility index (Phi) is 7.21. The number of unbranched alkanes of at least 4 members (excludes halogenated alkanes) is 1. The number of H-pyrrole nitrogens is 1. The zero-order valence-corrected chi connectivity index (χ0v) is 21.2. The molecule has 38 heavy (non-hydrogen) atoms. The zero-order valence-electron chi connectivity index (χ0n) is 21.2. The molecule has 3 aromatic heterocycles. The minimum Gasteiger partial charge on any atom is -0.619 e. The summed E-state index contributed by atoms with van der Waals surface area (Å²) in [5.41, 5.74) is 5.61. The number of tetrazole rings is 1. The van der Waals surface area contributed by atoms with Gasteiger partial charge in [0, 0.05) is 24.7 Å². The predicted octanol–water partition coefficient (Wildman–Crippen LogP) is 4.21. The monoisotopic (exact) mass is 509 g/mol. The molecule has 3 heterocycles. The van der Waals surface area contributed by atoms with E-state index in [2.05, 4.69) is 56.4 Å². The largest absolute Gasteiger partial charge is 0.619 e. The number of nitrogens with zero attached hydrogens (tertiary/aromatic N) is 6. The average molecular weight is 510 g/mol. The summed E-state index contributed by atoms with van der Waals surface area (Å²) < 4.78 is 7.50. The molecule has 0 amide bonds. The molecule has 10 nitrogen and oxygen atoms in total. The fourth-order valence-electron chi connectivity index (χ4n) is 4.28. The molecule has 2 aromatic carbocycles. The van der Waals surface area contributed by atoms with Crippen LogP contribution in [-0.2, 0) is 17.7 Å². The first-order valence-electron chi connectivity index (χ1n) is 12.4. The van der Waals surface area contributed by atoms with Gasteiger partial charge in [0.15, 0.2) is 12.4 Å². The first-order chi connectivity index (χ1) is 18.5. The molecule has 0 aliphatic carbocycles. The third-order valence-electron chi connectivity index (χ3n) is 6.30. The van der Waals surface area contributed by atoms with Crippen LogP contribution in [0.5, 0.6) is 0 Å². The van der Waals surface area contributed by atoms with Gasteiger partial charge in [-0.3, -0.25) is 0 Å². The standard InChI is InChI=1S/C28H27N7O3/c1-3-4-5-26-29-25(23-14-24(28(36)38-2)17-35(37)16-23)18-34(26)15-19-6-8-20(9-7-19)21-10-12-22(13-11-21)27-30-32-33-31-27/h6-14,16-18H,3-5,15H2,1-2H3,(H,30,31,32,33). The highest BCUT2D eigenvalue weighted by Gasteiger charge is 2.17. The minimum absolute atomic E-state index is 0.186. The number of carbonyl (C=O) groups excluding carboxylic acids is 1. The van der Waals surface area contributed by atoms with Gasteiger partial charge in [0.1, 0.15) is 11.4 Å². The van der Waals surface area contributed by atoms with Crippen LogP contribution in [0.25, 0.3) is 33.8 Å². The normalized spacial score (nSPS) is 11.0. The summed E-state index contributed by atoms with van der Waals surface area (Å²) in [5.74, 6) is 0.933. The molecule has 0 aliphatic heterocycles. The van der Waals surface area contributed by atoms with E-state index in [-0.39, 0.29) is 5.56 Å². The zero-order chi connectivity index (χ0) is 26.5. The lowest BCUT2D eigenvalue weighted by Gasteiger charge is -2.09. The second-order valence-electron chi connectivity index (χ2n) is 8.95. The third-order valence-corrected chi connectivity index (χ3v) is 6.30. The Balaban J connectivity index is 1.38. The lowest BCUT2D eigenvalue weighted by Crippen LogP contribution is -2.27. The maximum atomic E-state index is 12.2. The number of aromatic amines is 1. The van der Waals surface area contributed by atoms with Crippen LogP contribution in [0, 0.1) is 5.21 Å². The Bertz CT molecular complexity index is 1530. The molecule has 1 N–H and O–H groups in total. The van der Waals surface area contributed by atoms with Crippen molar-refractivity contribution in [2.45, 2.75) is 32.7 Å². The van der Waals surface area contributed by atoms with E-state index in [4.69, 9.17) is 9.72 Å². The van der Waals surface area contributed by atoms with Gasteiger partial charge in [0.2, 0.25) is 5.82 Å². The van der Waals surface area contributed by atoms with Crippen molar-refractivity contribution in [1.29, 1.82) is 0 Å². The molecule has 0 radical (unpaired) electrons. The quantitative estimate of drug-likeness (QED) is 0.179. The molecule has 10 heteroatoms. The number of hydrogen-bond donors (Lipinski definition) is 1. The van der Waals surface area contributed by atoms with Crippen LogP contribution in [0.3, 0.4) is 0 Å². The molecule has 0 saturated heterocycles. The van der Waals surface area contributed by atoms with Crippen molar-refractivity contribution in [2.24, 2.45) is 0 Å². The summed E-state index contributed by atoms with van der Waals surface area (Å²) in [7, 11) is 1.29. The van der Waals surface area contributed by atoms with Crippen LogP contribution in [0.15, 0.2) is 73.2 Å². The van der Waals surface area contributed by atoms with Gasteiger partial charge in [-0.05, 0) is 34.4 Å². The number of benzene rings is 2. The molecular formula is C28H27N7O3. The number of aromatic nitrogens is 7. The van der Waals surface area contributed by atoms with E-state index in [1.54, 1.807) is 6.07 Å². The topological polar surface area (TPSA) is 126 Å². The molecule has 0 fully saturated rings. The van der Waals surface area contributed by atoms with Gasteiger partial charge in [-0.25, -0.2) is 9.78 Å². The van der Waals surface area contributed by atoms with Gasteiger partial charge in [-0.15, -0.1) is 10.2 Å². The molecule has 5 aromatic rings. The summed E-state index contributed by atoms with van der Waals surface area (Å²) in [5, 5.41) is 26.3. The van der Waals surface area contributed by atoms with Crippen molar-refractivity contribution >= 4 is 5.97 Å². The van der Waals surface area contributed by atoms with Crippen LogP contribution in [0.2, 0.25) is 0 Å². The maximum absolute atomic E-state index is 12.2. The fraction of sp³-hybridized carbons (Fsp3) is 0.214. The van der Waals surface area contributed by atoms with Gasteiger partial charge in [-0.1, -0.05) is 61.9 Å². The van der Waals surface area contributed by atoms with E-state index in [1.165, 1.54) is 19.5 Å². The molecule has 0 atom stereocenters. The lowest BCUT2D eigenvalue weighted by molar-refractivity contribution is -0.605. The Hall–Kier alpha value is -4.86. The summed E-state index contributed by atoms with van der Waals surface area (Å²) >= 11 is 0. The number of esters is 1. The number of carbonyl (C=O) groups is 1. The Morgan fingerprint density at radius 3 is 2.39 bits per heavy atom. The summed E-state index contributed by atoms with van der Waals surface area (Å²) in [4.78, 5) is 16.8. The number of nitrogens with one attached hydrogen (secondary N) is 1. The lowest BCUT2D eigenvalue weighted by atomic mass is 10.0. The first-order valence-corrected chi connectivity index (χ1v) is 12.4. The highest BCUT2D eigenvalue weighted by atomic mass is 16.5. The van der Waals surface area contributed by atoms with Crippen molar-refractivity contribution in [1.82, 2.24) is 30.2 Å². The van der Waals surface area contributed by atoms with Crippen molar-refractivity contribution in [2.75, 3.05) is 7.11 Å². The Morgan fingerprint density at radius 2 is 1.74 bits per heavy atom. The molecular weight excluding hydrogens is 482 g/mol. The van der Waals surface area contributed by atoms with Crippen LogP contribution in [0.1, 0.15) is 41.5 Å². The fourth-order valence-corrected chi connectivity index (χ4v) is 4.28. The first kappa shape index (κ1) is 24.8. The van der Waals surface area contributed by atoms with Gasteiger partial charge < -0.3 is 14.5 Å². The number of aryl methyl sites for hydroxylation is 1. The number of imidazole rings is 1. The number of pyridine rings is 1. The maximum Gasteiger partial charge on any atom is 0.344 e. The van der Waals surface area contributed by atoms with Crippen LogP contribution in [0.4, 0.5) is 0 Å². The van der Waals surface area contributed by atoms with Gasteiger partial charge in [0.25, 0.3) is 0 Å². The summed E-state index contributed by atoms with van der Waals surface area (Å²) in [6, 6.07) is 18.1. The molecule has 0 bridgehead atoms. The summed E-state index contributed by atoms with van der Waals surface area (Å²) in [6.45, 7) is 2.78. The second kappa shape index (κ2) is 11.0. The van der Waals surface area contributed by atoms with Crippen LogP contribution < -0.4 is 4.73 Å². The highest BCUT2D eigenvalue weighted by molar-refractivity contribution is 5.89. The molecule has 0 unspecified atom stereocenters. The third kappa shape index (κ3) is 5.44. The SMILES string of the molecule is CCCCc1nc(-c2cc(C(=O)OC)c[n+]([O-])c2)cn1Cc1ccc(-c2ccc(-c3nn[nH]n3)cc2)cc1. The van der Waals surface area contributed by atoms with E-state index in [9.17, 15) is 10.0 Å². The van der Waals surface area contributed by atoms with Crippen molar-refractivity contribution in [3.05, 3.63) is 95.3 Å². The average Bonchev–Trinajstić information content (AvgIpc) is 3.62. The summed E-state index contributed by atoms with van der Waals surface area (Å²) in [6.07, 6.45) is 7.41. The molecule has 0 spiro atoms. The molecule has 0 aliphatic rings. The predicted molar refractivity (Wildman–Crippen MR) is 141 cm³/mol. The Labute approximate surface area is 219 Å². The number of ether oxygens (including phenoxy) is 1. The van der Waals surface area contributed by atoms with Gasteiger partial charge in [0.05, 0.1) is 18.4 Å². The number of rotatable bonds is 9. The van der Waals surface area contributed by atoms with Crippen molar-refractivity contribution in [3.63, 3.8) is 0 Å². The van der Waals surface area contributed by atoms with Gasteiger partial charge >= 0.3 is 5.97 Å². The molecule has 0 saturated carbocycles. The minimum atomic E-state index is -0.563. The van der Waals surface area contributed by atoms with Crippen LogP contribution >= 0.6 is 0 Å². The van der Waals surface area contributed by atoms with Gasteiger partial charge in [-0.2, -0.15) is 9.94 Å². The molecule has 192 valence electrons. The number of hydrogen-bond acceptors (Lipinski definition) is 7. The second-order valence-corrected chi connectivity index (χ2v) is 8.95.